The van der Waals surface area contributed by atoms with E-state index < -0.39 is 26.9 Å². The minimum absolute atomic E-state index is 0.441. The molecule has 1 radical (unpaired) electrons. The molecule has 0 saturated carbocycles. The van der Waals surface area contributed by atoms with Crippen LogP contribution >= 0.6 is 0 Å². The lowest BCUT2D eigenvalue weighted by atomic mass is 10.2. The van der Waals surface area contributed by atoms with Crippen LogP contribution in [0.3, 0.4) is 0 Å². The van der Waals surface area contributed by atoms with Crippen molar-refractivity contribution in [3.63, 3.8) is 0 Å². The smallest absolute Gasteiger partial charge is 0.258 e. The fraction of sp³-hybridized carbons (Fsp3) is 0. The summed E-state index contributed by atoms with van der Waals surface area (Å²) in [7, 11) is 0. The summed E-state index contributed by atoms with van der Waals surface area (Å²) < 4.78 is 0. The van der Waals surface area contributed by atoms with Gasteiger partial charge in [0.2, 0.25) is 0 Å². The largest absolute Gasteiger partial charge is 0.373 e. The molecule has 0 fully saturated rings. The molecule has 8 heteroatoms. The highest BCUT2D eigenvalue weighted by molar-refractivity contribution is 5.68. The third-order valence-corrected chi connectivity index (χ3v) is 1.48. The summed E-state index contributed by atoms with van der Waals surface area (Å²) in [5.41, 5.74) is 6.41. The van der Waals surface area contributed by atoms with E-state index in [0.29, 0.717) is 0 Å². The molecule has 0 aliphatic carbocycles. The summed E-state index contributed by atoms with van der Waals surface area (Å²) in [6, 6.07) is 3.26. The zero-order chi connectivity index (χ0) is 10.7. The fourth-order valence-corrected chi connectivity index (χ4v) is 0.935. The molecule has 0 aliphatic rings. The molecular weight excluding hydrogens is 192 g/mol. The van der Waals surface area contributed by atoms with Crippen molar-refractivity contribution in [3.8, 4) is 0 Å². The molecule has 0 N–H and O–H groups in total. The minimum atomic E-state index is -0.965. The van der Waals surface area contributed by atoms with Crippen molar-refractivity contribution >= 4 is 17.1 Å². The monoisotopic (exact) mass is 195 g/mol. The Morgan fingerprint density at radius 1 is 1.21 bits per heavy atom. The third kappa shape index (κ3) is 1.53. The number of nitro groups is 2. The summed E-state index contributed by atoms with van der Waals surface area (Å²) in [5, 5.41) is 23.4. The Hall–Kier alpha value is -2.38. The van der Waals surface area contributed by atoms with Gasteiger partial charge in [-0.1, -0.05) is 6.07 Å². The zero-order valence-corrected chi connectivity index (χ0v) is 6.65. The van der Waals surface area contributed by atoms with Crippen LogP contribution in [0.2, 0.25) is 0 Å². The zero-order valence-electron chi connectivity index (χ0n) is 6.65. The summed E-state index contributed by atoms with van der Waals surface area (Å²) in [5.74, 6) is 0. The normalized spacial score (nSPS) is 9.43. The summed E-state index contributed by atoms with van der Waals surface area (Å²) in [6.07, 6.45) is 0. The Labute approximate surface area is 77.0 Å². The van der Waals surface area contributed by atoms with E-state index in [1.165, 1.54) is 6.07 Å². The molecule has 1 aromatic carbocycles. The van der Waals surface area contributed by atoms with Crippen LogP contribution < -0.4 is 5.53 Å². The van der Waals surface area contributed by atoms with E-state index in [2.05, 4.69) is 5.11 Å². The second-order valence-electron chi connectivity index (χ2n) is 2.26. The molecule has 0 bridgehead atoms. The first-order valence-corrected chi connectivity index (χ1v) is 3.35. The minimum Gasteiger partial charge on any atom is -0.258 e. The van der Waals surface area contributed by atoms with Gasteiger partial charge in [0.15, 0.2) is 5.69 Å². The molecule has 0 aromatic heterocycles. The van der Waals surface area contributed by atoms with Gasteiger partial charge in [-0.25, -0.2) is 0 Å². The Balaban J connectivity index is 3.51. The maximum Gasteiger partial charge on any atom is 0.373 e. The van der Waals surface area contributed by atoms with E-state index in [-0.39, 0.29) is 0 Å². The molecule has 0 atom stereocenters. The van der Waals surface area contributed by atoms with Crippen molar-refractivity contribution in [1.82, 2.24) is 5.53 Å². The lowest BCUT2D eigenvalue weighted by Crippen LogP contribution is -1.96. The number of hydrogen-bond donors (Lipinski definition) is 0. The van der Waals surface area contributed by atoms with E-state index in [1.54, 1.807) is 0 Å². The molecule has 0 heterocycles. The van der Waals surface area contributed by atoms with Crippen LogP contribution in [0.25, 0.3) is 0 Å². The molecule has 71 valence electrons. The predicted molar refractivity (Wildman–Crippen MR) is 44.0 cm³/mol. The van der Waals surface area contributed by atoms with Gasteiger partial charge in [-0.05, 0) is 11.6 Å². The Kier molecular flexibility index (Phi) is 2.47. The van der Waals surface area contributed by atoms with Crippen LogP contribution in [0.5, 0.6) is 0 Å². The molecule has 14 heavy (non-hydrogen) atoms. The molecule has 0 unspecified atom stereocenters. The fourth-order valence-electron chi connectivity index (χ4n) is 0.935. The van der Waals surface area contributed by atoms with Gasteiger partial charge in [0.25, 0.3) is 0 Å². The molecular formula is C6H3N4O4. The predicted octanol–water partition coefficient (Wildman–Crippen LogP) is 1.39. The highest BCUT2D eigenvalue weighted by Gasteiger charge is 2.28. The van der Waals surface area contributed by atoms with Crippen LogP contribution in [-0.2, 0) is 0 Å². The molecule has 0 amide bonds. The average molecular weight is 195 g/mol. The third-order valence-electron chi connectivity index (χ3n) is 1.48. The van der Waals surface area contributed by atoms with Crippen molar-refractivity contribution in [3.05, 3.63) is 38.4 Å². The Morgan fingerprint density at radius 2 is 1.86 bits per heavy atom. The first-order chi connectivity index (χ1) is 6.57. The van der Waals surface area contributed by atoms with Crippen LogP contribution in [0.15, 0.2) is 23.3 Å². The molecule has 1 aromatic rings. The van der Waals surface area contributed by atoms with E-state index in [0.717, 1.165) is 12.1 Å². The SMILES string of the molecule is [N]=Nc1cccc([N+](=O)[O-])c1[N+](=O)[O-]. The Bertz CT molecular complexity index is 416. The van der Waals surface area contributed by atoms with Gasteiger partial charge in [0, 0.05) is 6.07 Å². The summed E-state index contributed by atoms with van der Waals surface area (Å²) in [4.78, 5) is 18.9. The van der Waals surface area contributed by atoms with Crippen LogP contribution in [0.1, 0.15) is 0 Å². The van der Waals surface area contributed by atoms with E-state index in [1.807, 2.05) is 0 Å². The average Bonchev–Trinajstić information content (AvgIpc) is 2.16. The number of rotatable bonds is 3. The number of para-hydroxylation sites is 1. The molecule has 1 rings (SSSR count). The second-order valence-corrected chi connectivity index (χ2v) is 2.26. The van der Waals surface area contributed by atoms with Crippen molar-refractivity contribution in [1.29, 1.82) is 0 Å². The molecule has 0 spiro atoms. The van der Waals surface area contributed by atoms with Crippen molar-refractivity contribution in [2.75, 3.05) is 0 Å². The summed E-state index contributed by atoms with van der Waals surface area (Å²) >= 11 is 0. The molecule has 0 saturated heterocycles. The summed E-state index contributed by atoms with van der Waals surface area (Å²) in [6.45, 7) is 0. The van der Waals surface area contributed by atoms with Crippen LogP contribution in [-0.4, -0.2) is 9.85 Å². The van der Waals surface area contributed by atoms with Gasteiger partial charge in [-0.3, -0.25) is 20.2 Å². The maximum atomic E-state index is 10.4. The number of hydrogen-bond acceptors (Lipinski definition) is 5. The lowest BCUT2D eigenvalue weighted by Gasteiger charge is -1.95. The van der Waals surface area contributed by atoms with Crippen molar-refractivity contribution < 1.29 is 9.85 Å². The number of benzene rings is 1. The molecule has 8 nitrogen and oxygen atoms in total. The topological polar surface area (TPSA) is 121 Å². The van der Waals surface area contributed by atoms with Crippen molar-refractivity contribution in [2.45, 2.75) is 0 Å². The van der Waals surface area contributed by atoms with Gasteiger partial charge in [0.05, 0.1) is 9.85 Å². The number of nitrogens with zero attached hydrogens (tertiary/aromatic N) is 4. The van der Waals surface area contributed by atoms with Crippen molar-refractivity contribution in [2.24, 2.45) is 5.11 Å². The number of nitro benzene ring substituents is 2. The maximum absolute atomic E-state index is 10.4. The lowest BCUT2D eigenvalue weighted by molar-refractivity contribution is -0.421. The van der Waals surface area contributed by atoms with Gasteiger partial charge < -0.3 is 0 Å². The highest BCUT2D eigenvalue weighted by atomic mass is 16.6. The quantitative estimate of drug-likeness (QED) is 0.410. The van der Waals surface area contributed by atoms with E-state index in [4.69, 9.17) is 5.53 Å². The van der Waals surface area contributed by atoms with E-state index >= 15 is 0 Å². The van der Waals surface area contributed by atoms with Gasteiger partial charge >= 0.3 is 11.4 Å². The van der Waals surface area contributed by atoms with E-state index in [9.17, 15) is 20.2 Å². The first kappa shape index (κ1) is 9.71. The van der Waals surface area contributed by atoms with Gasteiger partial charge in [-0.15, -0.1) is 5.11 Å². The Morgan fingerprint density at radius 3 is 2.29 bits per heavy atom. The first-order valence-electron chi connectivity index (χ1n) is 3.35. The van der Waals surface area contributed by atoms with Gasteiger partial charge in [-0.2, -0.15) is 0 Å². The standard InChI is InChI=1S/C6H3N4O4/c7-8-4-2-1-3-5(9(11)12)6(4)10(13)14/h1-3H. The van der Waals surface area contributed by atoms with Gasteiger partial charge in [0.1, 0.15) is 0 Å². The van der Waals surface area contributed by atoms with Crippen LogP contribution in [0.4, 0.5) is 17.1 Å². The molecule has 0 aliphatic heterocycles. The van der Waals surface area contributed by atoms with Crippen LogP contribution in [0, 0.1) is 20.2 Å². The second kappa shape index (κ2) is 3.56. The highest BCUT2D eigenvalue weighted by Crippen LogP contribution is 2.35.